The van der Waals surface area contributed by atoms with Gasteiger partial charge in [0, 0.05) is 44.1 Å². The van der Waals surface area contributed by atoms with Crippen LogP contribution in [0.5, 0.6) is 11.8 Å². The molecule has 58 heavy (non-hydrogen) atoms. The van der Waals surface area contributed by atoms with Crippen LogP contribution in [-0.2, 0) is 4.74 Å². The Hall–Kier alpha value is -3.92. The zero-order chi connectivity index (χ0) is 41.1. The van der Waals surface area contributed by atoms with Crippen LogP contribution in [0.3, 0.4) is 0 Å². The highest BCUT2D eigenvalue weighted by molar-refractivity contribution is 6.90. The molecule has 8 nitrogen and oxygen atoms in total. The van der Waals surface area contributed by atoms with E-state index in [9.17, 15) is 4.39 Å². The summed E-state index contributed by atoms with van der Waals surface area (Å²) in [4.78, 5) is 19.2. The SMILES string of the molecule is COCOc1cc(-c2nc(C)c3c(N4CC5CCC(C5)C4)nc(OC[C@@]45CCCN4C[C@H](F)C5)nc3c2F)c2c(C#C[Si](C(C)C)(C(C)C)C(C)C)c(F)ccc2c1. The molecular weight excluding hydrogens is 756 g/mol. The minimum Gasteiger partial charge on any atom is -0.468 e. The molecule has 0 spiro atoms. The van der Waals surface area contributed by atoms with Gasteiger partial charge < -0.3 is 19.1 Å². The zero-order valence-electron chi connectivity index (χ0n) is 35.4. The number of pyridine rings is 1. The first-order chi connectivity index (χ1) is 27.7. The monoisotopic (exact) mass is 813 g/mol. The summed E-state index contributed by atoms with van der Waals surface area (Å²) in [6.45, 7) is 18.2. The number of ether oxygens (including phenoxy) is 3. The van der Waals surface area contributed by atoms with Crippen molar-refractivity contribution in [1.29, 1.82) is 0 Å². The molecule has 2 bridgehead atoms. The van der Waals surface area contributed by atoms with E-state index < -0.39 is 31.4 Å². The maximum Gasteiger partial charge on any atom is 0.319 e. The second kappa shape index (κ2) is 15.9. The third kappa shape index (κ3) is 7.13. The molecule has 2 aromatic carbocycles. The smallest absolute Gasteiger partial charge is 0.319 e. The van der Waals surface area contributed by atoms with Crippen molar-refractivity contribution in [3.05, 3.63) is 47.2 Å². The Kier molecular flexibility index (Phi) is 11.2. The van der Waals surface area contributed by atoms with E-state index in [0.29, 0.717) is 80.4 Å². The number of fused-ring (bicyclic) bond motifs is 5. The van der Waals surface area contributed by atoms with Crippen LogP contribution in [0.15, 0.2) is 24.3 Å². The predicted molar refractivity (Wildman–Crippen MR) is 227 cm³/mol. The van der Waals surface area contributed by atoms with Gasteiger partial charge in [-0.2, -0.15) is 9.97 Å². The van der Waals surface area contributed by atoms with Crippen LogP contribution < -0.4 is 14.4 Å². The van der Waals surface area contributed by atoms with E-state index in [1.54, 1.807) is 18.2 Å². The number of aryl methyl sites for hydroxylation is 1. The minimum atomic E-state index is -2.29. The number of hydrogen-bond acceptors (Lipinski definition) is 8. The van der Waals surface area contributed by atoms with E-state index in [-0.39, 0.29) is 36.2 Å². The lowest BCUT2D eigenvalue weighted by Crippen LogP contribution is -2.43. The predicted octanol–water partition coefficient (Wildman–Crippen LogP) is 10.2. The van der Waals surface area contributed by atoms with Crippen LogP contribution in [0.1, 0.15) is 91.3 Å². The maximum absolute atomic E-state index is 17.8. The number of alkyl halides is 1. The van der Waals surface area contributed by atoms with Crippen molar-refractivity contribution in [1.82, 2.24) is 19.9 Å². The van der Waals surface area contributed by atoms with Gasteiger partial charge in [0.2, 0.25) is 0 Å². The summed E-state index contributed by atoms with van der Waals surface area (Å²) >= 11 is 0. The van der Waals surface area contributed by atoms with Crippen LogP contribution >= 0.6 is 0 Å². The third-order valence-electron chi connectivity index (χ3n) is 14.0. The molecule has 0 N–H and O–H groups in total. The second-order valence-electron chi connectivity index (χ2n) is 18.4. The molecule has 3 saturated heterocycles. The van der Waals surface area contributed by atoms with Crippen LogP contribution in [-0.4, -0.2) is 86.3 Å². The van der Waals surface area contributed by atoms with E-state index in [2.05, 4.69) is 62.8 Å². The van der Waals surface area contributed by atoms with Gasteiger partial charge in [0.15, 0.2) is 12.6 Å². The molecule has 1 saturated carbocycles. The van der Waals surface area contributed by atoms with Gasteiger partial charge >= 0.3 is 6.01 Å². The van der Waals surface area contributed by atoms with Crippen molar-refractivity contribution >= 4 is 35.6 Å². The lowest BCUT2D eigenvalue weighted by Gasteiger charge is -2.38. The molecule has 4 aliphatic rings. The number of nitrogens with zero attached hydrogens (tertiary/aromatic N) is 5. The number of aromatic nitrogens is 3. The number of hydrogen-bond donors (Lipinski definition) is 0. The summed E-state index contributed by atoms with van der Waals surface area (Å²) < 4.78 is 66.5. The van der Waals surface area contributed by atoms with Gasteiger partial charge in [-0.25, -0.2) is 18.2 Å². The Morgan fingerprint density at radius 3 is 2.34 bits per heavy atom. The van der Waals surface area contributed by atoms with Crippen molar-refractivity contribution < 1.29 is 27.4 Å². The number of benzene rings is 2. The van der Waals surface area contributed by atoms with Crippen LogP contribution in [0.4, 0.5) is 19.0 Å². The van der Waals surface area contributed by atoms with E-state index in [4.69, 9.17) is 29.2 Å². The van der Waals surface area contributed by atoms with Gasteiger partial charge in [0.1, 0.15) is 49.4 Å². The Bertz CT molecular complexity index is 2240. The summed E-state index contributed by atoms with van der Waals surface area (Å²) in [5, 5.41) is 1.63. The molecule has 0 radical (unpaired) electrons. The molecule has 5 heterocycles. The van der Waals surface area contributed by atoms with Crippen molar-refractivity contribution in [2.24, 2.45) is 11.8 Å². The Morgan fingerprint density at radius 1 is 0.931 bits per heavy atom. The van der Waals surface area contributed by atoms with Crippen molar-refractivity contribution in [2.75, 3.05) is 51.6 Å². The Labute approximate surface area is 342 Å². The van der Waals surface area contributed by atoms with Crippen molar-refractivity contribution in [3.8, 4) is 34.5 Å². The van der Waals surface area contributed by atoms with E-state index >= 15 is 8.78 Å². The van der Waals surface area contributed by atoms with Gasteiger partial charge in [0.25, 0.3) is 0 Å². The third-order valence-corrected chi connectivity index (χ3v) is 20.3. The Morgan fingerprint density at radius 2 is 1.66 bits per heavy atom. The van der Waals surface area contributed by atoms with Crippen molar-refractivity contribution in [3.63, 3.8) is 0 Å². The number of piperidine rings is 1. The van der Waals surface area contributed by atoms with E-state index in [1.165, 1.54) is 19.6 Å². The molecule has 2 unspecified atom stereocenters. The highest BCUT2D eigenvalue weighted by atomic mass is 28.3. The molecule has 4 aromatic rings. The zero-order valence-corrected chi connectivity index (χ0v) is 36.4. The first-order valence-electron chi connectivity index (χ1n) is 21.3. The molecule has 3 aliphatic heterocycles. The lowest BCUT2D eigenvalue weighted by molar-refractivity contribution is 0.0512. The molecule has 0 amide bonds. The standard InChI is InChI=1S/C46H58F3N5O3Si/c1-27(2)58(28(3)4,29(5)6)17-14-36-38(48)13-12-33-19-35(57-26-55-8)20-37(40(33)36)42-41(49)43-39(30(7)50-42)44(53-22-31-10-11-32(18-31)23-53)52-45(51-43)56-25-46-15-9-16-54(46)24-34(47)21-46/h12-13,19-20,27-29,31-32,34H,9-11,15-16,18,21-26H2,1-8H3/t31?,32?,34-,46+/m1/s1. The fraction of sp³-hybridized carbons (Fsp3) is 0.587. The van der Waals surface area contributed by atoms with Crippen LogP contribution in [0.25, 0.3) is 32.9 Å². The number of rotatable bonds is 11. The number of methoxy groups -OCH3 is 1. The normalized spacial score (nSPS) is 23.4. The summed E-state index contributed by atoms with van der Waals surface area (Å²) in [7, 11) is -0.753. The molecule has 310 valence electrons. The number of anilines is 1. The van der Waals surface area contributed by atoms with Crippen LogP contribution in [0.2, 0.25) is 16.6 Å². The van der Waals surface area contributed by atoms with E-state index in [0.717, 1.165) is 45.3 Å². The topological polar surface area (TPSA) is 72.8 Å². The van der Waals surface area contributed by atoms with Gasteiger partial charge in [-0.3, -0.25) is 4.90 Å². The highest BCUT2D eigenvalue weighted by Gasteiger charge is 2.49. The van der Waals surface area contributed by atoms with Gasteiger partial charge in [-0.15, -0.1) is 5.54 Å². The minimum absolute atomic E-state index is 0.0116. The maximum atomic E-state index is 17.8. The molecule has 8 rings (SSSR count). The van der Waals surface area contributed by atoms with Gasteiger partial charge in [-0.05, 0) is 97.6 Å². The fourth-order valence-electron chi connectivity index (χ4n) is 11.3. The summed E-state index contributed by atoms with van der Waals surface area (Å²) in [6, 6.07) is 6.67. The first kappa shape index (κ1) is 40.8. The van der Waals surface area contributed by atoms with Gasteiger partial charge in [-0.1, -0.05) is 53.5 Å². The van der Waals surface area contributed by atoms with E-state index in [1.807, 2.05) is 6.92 Å². The first-order valence-corrected chi connectivity index (χ1v) is 23.5. The summed E-state index contributed by atoms with van der Waals surface area (Å²) in [5.74, 6) is 4.33. The van der Waals surface area contributed by atoms with Crippen LogP contribution in [0, 0.1) is 41.9 Å². The molecule has 4 atom stereocenters. The fourth-order valence-corrected chi connectivity index (χ4v) is 16.5. The van der Waals surface area contributed by atoms with Gasteiger partial charge in [0.05, 0.1) is 22.2 Å². The second-order valence-corrected chi connectivity index (χ2v) is 24.0. The summed E-state index contributed by atoms with van der Waals surface area (Å²) in [5.41, 5.74) is 5.47. The quantitative estimate of drug-likeness (QED) is 0.0842. The highest BCUT2D eigenvalue weighted by Crippen LogP contribution is 2.45. The average molecular weight is 814 g/mol. The summed E-state index contributed by atoms with van der Waals surface area (Å²) in [6.07, 6.45) is 4.81. The molecule has 2 aromatic heterocycles. The average Bonchev–Trinajstić information content (AvgIpc) is 3.84. The largest absolute Gasteiger partial charge is 0.468 e. The molecule has 4 fully saturated rings. The number of halogens is 3. The van der Waals surface area contributed by atoms with Crippen molar-refractivity contribution in [2.45, 2.75) is 115 Å². The lowest BCUT2D eigenvalue weighted by atomic mass is 9.95. The molecule has 1 aliphatic carbocycles. The molecule has 12 heteroatoms. The Balaban J connectivity index is 1.33. The molecular formula is C46H58F3N5O3Si.